The van der Waals surface area contributed by atoms with Crippen LogP contribution in [-0.2, 0) is 32.5 Å². The van der Waals surface area contributed by atoms with Crippen molar-refractivity contribution in [2.75, 3.05) is 31.9 Å². The number of carbonyl (C=O) groups is 2. The lowest BCUT2D eigenvalue weighted by Crippen LogP contribution is -2.56. The molecule has 10 heteroatoms. The molecule has 5 rings (SSSR count). The van der Waals surface area contributed by atoms with Crippen molar-refractivity contribution >= 4 is 34.2 Å². The minimum atomic E-state index is -3.50. The molecule has 0 radical (unpaired) electrons. The second-order valence-electron chi connectivity index (χ2n) is 12.2. The monoisotopic (exact) mass is 552 g/mol. The molecule has 2 bridgehead atoms. The van der Waals surface area contributed by atoms with E-state index in [1.807, 2.05) is 0 Å². The number of hydrogen-bond donors (Lipinski definition) is 3. The number of benzene rings is 1. The molecular formula is C27H41ClN4O4S. The van der Waals surface area contributed by atoms with Crippen LogP contribution in [0.4, 0.5) is 0 Å². The Morgan fingerprint density at radius 2 is 1.68 bits per heavy atom. The number of carbonyl (C=O) groups excluding carboxylic acids is 2. The Hall–Kier alpha value is -1.68. The maximum atomic E-state index is 13.9. The van der Waals surface area contributed by atoms with Crippen LogP contribution in [0.25, 0.3) is 0 Å². The average Bonchev–Trinajstić information content (AvgIpc) is 3.38. The molecule has 2 amide bonds. The van der Waals surface area contributed by atoms with Crippen molar-refractivity contribution in [2.24, 2.45) is 27.9 Å². The summed E-state index contributed by atoms with van der Waals surface area (Å²) >= 11 is 0. The number of piperidine rings is 1. The molecule has 3 atom stereocenters. The summed E-state index contributed by atoms with van der Waals surface area (Å²) in [6.07, 6.45) is 6.43. The predicted molar refractivity (Wildman–Crippen MR) is 146 cm³/mol. The smallest absolute Gasteiger partial charge is 0.239 e. The van der Waals surface area contributed by atoms with Crippen molar-refractivity contribution in [1.82, 2.24) is 14.9 Å². The van der Waals surface area contributed by atoms with E-state index in [-0.39, 0.29) is 59.9 Å². The third kappa shape index (κ3) is 4.92. The van der Waals surface area contributed by atoms with Gasteiger partial charge in [-0.15, -0.1) is 12.4 Å². The zero-order valence-corrected chi connectivity index (χ0v) is 23.6. The number of halogens is 1. The van der Waals surface area contributed by atoms with Crippen LogP contribution in [0.5, 0.6) is 0 Å². The maximum absolute atomic E-state index is 13.9. The van der Waals surface area contributed by atoms with Gasteiger partial charge in [-0.05, 0) is 72.8 Å². The van der Waals surface area contributed by atoms with Gasteiger partial charge in [-0.1, -0.05) is 38.1 Å². The van der Waals surface area contributed by atoms with Gasteiger partial charge in [0.05, 0.1) is 18.8 Å². The topological polar surface area (TPSA) is 122 Å². The van der Waals surface area contributed by atoms with Crippen molar-refractivity contribution < 1.29 is 18.0 Å². The normalized spacial score (nSPS) is 29.5. The van der Waals surface area contributed by atoms with Crippen molar-refractivity contribution in [1.29, 1.82) is 0 Å². The molecule has 1 spiro atoms. The standard InChI is InChI=1S/C27H40N4O4S.ClH/c1-25(2)21-7-8-27(25,22(13-21)30-24(33)17-29-23(32)16-28)18-36(34,35)31-11-9-26(10-12-31)14-19-5-3-4-6-20(19)15-26;/h3-6,21-22H,7-18,28H2,1-2H3,(H,29,32)(H,30,33);1H/t21?,22?,27-;/m1./s1. The summed E-state index contributed by atoms with van der Waals surface area (Å²) in [5.41, 5.74) is 7.63. The Bertz CT molecular complexity index is 1120. The quantitative estimate of drug-likeness (QED) is 0.478. The largest absolute Gasteiger partial charge is 0.351 e. The molecule has 1 aromatic carbocycles. The van der Waals surface area contributed by atoms with Crippen LogP contribution in [-0.4, -0.2) is 62.5 Å². The fourth-order valence-electron chi connectivity index (χ4n) is 7.90. The van der Waals surface area contributed by atoms with Gasteiger partial charge >= 0.3 is 0 Å². The number of nitrogens with two attached hydrogens (primary N) is 1. The summed E-state index contributed by atoms with van der Waals surface area (Å²) in [6.45, 7) is 5.16. The first-order valence-electron chi connectivity index (χ1n) is 13.3. The number of fused-ring (bicyclic) bond motifs is 3. The number of nitrogens with one attached hydrogen (secondary N) is 2. The van der Waals surface area contributed by atoms with Gasteiger partial charge in [0.25, 0.3) is 0 Å². The summed E-state index contributed by atoms with van der Waals surface area (Å²) in [5.74, 6) is -0.235. The molecule has 3 fully saturated rings. The molecule has 1 aliphatic heterocycles. The lowest BCUT2D eigenvalue weighted by Gasteiger charge is -2.45. The third-order valence-corrected chi connectivity index (χ3v) is 12.3. The Kier molecular flexibility index (Phi) is 7.76. The highest BCUT2D eigenvalue weighted by Gasteiger charge is 2.66. The average molecular weight is 553 g/mol. The van der Waals surface area contributed by atoms with Gasteiger partial charge in [-0.25, -0.2) is 12.7 Å². The minimum absolute atomic E-state index is 0. The van der Waals surface area contributed by atoms with Crippen LogP contribution < -0.4 is 16.4 Å². The number of hydrogen-bond acceptors (Lipinski definition) is 5. The zero-order valence-electron chi connectivity index (χ0n) is 21.9. The van der Waals surface area contributed by atoms with Crippen LogP contribution in [0.3, 0.4) is 0 Å². The molecule has 0 aromatic heterocycles. The first-order valence-corrected chi connectivity index (χ1v) is 14.9. The molecule has 3 aliphatic carbocycles. The number of rotatable bonds is 7. The first kappa shape index (κ1) is 28.3. The maximum Gasteiger partial charge on any atom is 0.239 e. The summed E-state index contributed by atoms with van der Waals surface area (Å²) in [4.78, 5) is 24.1. The summed E-state index contributed by atoms with van der Waals surface area (Å²) in [7, 11) is -3.50. The van der Waals surface area contributed by atoms with Crippen molar-refractivity contribution in [3.8, 4) is 0 Å². The fourth-order valence-corrected chi connectivity index (χ4v) is 10.2. The SMILES string of the molecule is CC1(C)C2CC[C@@]1(CS(=O)(=O)N1CCC3(CC1)Cc1ccccc1C3)C(NC(=O)CNC(=O)CN)C2.Cl. The van der Waals surface area contributed by atoms with Crippen LogP contribution in [0.15, 0.2) is 24.3 Å². The Balaban J connectivity index is 0.00000320. The first-order chi connectivity index (χ1) is 17.0. The molecule has 4 N–H and O–H groups in total. The molecule has 2 saturated carbocycles. The van der Waals surface area contributed by atoms with E-state index >= 15 is 0 Å². The second kappa shape index (κ2) is 10.1. The zero-order chi connectivity index (χ0) is 25.8. The molecule has 37 heavy (non-hydrogen) atoms. The highest BCUT2D eigenvalue weighted by atomic mass is 35.5. The fraction of sp³-hybridized carbons (Fsp3) is 0.704. The van der Waals surface area contributed by atoms with E-state index in [1.54, 1.807) is 4.31 Å². The minimum Gasteiger partial charge on any atom is -0.351 e. The van der Waals surface area contributed by atoms with E-state index in [1.165, 1.54) is 11.1 Å². The Morgan fingerprint density at radius 1 is 1.05 bits per heavy atom. The van der Waals surface area contributed by atoms with Crippen molar-refractivity contribution in [2.45, 2.75) is 64.8 Å². The van der Waals surface area contributed by atoms with Gasteiger partial charge in [0.2, 0.25) is 21.8 Å². The van der Waals surface area contributed by atoms with Crippen LogP contribution in [0.2, 0.25) is 0 Å². The molecular weight excluding hydrogens is 512 g/mol. The molecule has 206 valence electrons. The van der Waals surface area contributed by atoms with Crippen molar-refractivity contribution in [3.05, 3.63) is 35.4 Å². The molecule has 1 saturated heterocycles. The third-order valence-electron chi connectivity index (χ3n) is 10.3. The van der Waals surface area contributed by atoms with Crippen molar-refractivity contribution in [3.63, 3.8) is 0 Å². The van der Waals surface area contributed by atoms with E-state index in [4.69, 9.17) is 5.73 Å². The molecule has 8 nitrogen and oxygen atoms in total. The van der Waals surface area contributed by atoms with Gasteiger partial charge in [-0.2, -0.15) is 0 Å². The molecule has 1 aromatic rings. The molecule has 1 heterocycles. The van der Waals surface area contributed by atoms with Crippen LogP contribution in [0.1, 0.15) is 57.1 Å². The summed E-state index contributed by atoms with van der Waals surface area (Å²) < 4.78 is 29.4. The van der Waals surface area contributed by atoms with E-state index in [0.717, 1.165) is 44.9 Å². The van der Waals surface area contributed by atoms with E-state index in [9.17, 15) is 18.0 Å². The highest BCUT2D eigenvalue weighted by Crippen LogP contribution is 2.66. The van der Waals surface area contributed by atoms with Gasteiger partial charge in [-0.3, -0.25) is 9.59 Å². The predicted octanol–water partition coefficient (Wildman–Crippen LogP) is 2.01. The van der Waals surface area contributed by atoms with E-state index in [0.29, 0.717) is 19.0 Å². The van der Waals surface area contributed by atoms with Gasteiger partial charge in [0.15, 0.2) is 0 Å². The van der Waals surface area contributed by atoms with Gasteiger partial charge < -0.3 is 16.4 Å². The van der Waals surface area contributed by atoms with E-state index in [2.05, 4.69) is 48.7 Å². The Labute approximate surface area is 227 Å². The molecule has 2 unspecified atom stereocenters. The van der Waals surface area contributed by atoms with Gasteiger partial charge in [0.1, 0.15) is 0 Å². The summed E-state index contributed by atoms with van der Waals surface area (Å²) in [6, 6.07) is 8.39. The highest BCUT2D eigenvalue weighted by molar-refractivity contribution is 7.89. The lowest BCUT2D eigenvalue weighted by atomic mass is 9.69. The number of amides is 2. The Morgan fingerprint density at radius 3 is 2.24 bits per heavy atom. The van der Waals surface area contributed by atoms with Gasteiger partial charge in [0, 0.05) is 24.5 Å². The number of sulfonamides is 1. The van der Waals surface area contributed by atoms with E-state index < -0.39 is 15.4 Å². The van der Waals surface area contributed by atoms with Crippen LogP contribution >= 0.6 is 12.4 Å². The van der Waals surface area contributed by atoms with Crippen LogP contribution in [0, 0.1) is 22.2 Å². The molecule has 4 aliphatic rings. The lowest BCUT2D eigenvalue weighted by molar-refractivity contribution is -0.126. The second-order valence-corrected chi connectivity index (χ2v) is 14.2. The summed E-state index contributed by atoms with van der Waals surface area (Å²) in [5, 5.41) is 5.60. The number of nitrogens with zero attached hydrogens (tertiary/aromatic N) is 1.